The molecule has 3 heterocycles. The van der Waals surface area contributed by atoms with Gasteiger partial charge in [0, 0.05) is 48.6 Å². The number of piperidine rings is 1. The van der Waals surface area contributed by atoms with Gasteiger partial charge in [-0.2, -0.15) is 0 Å². The van der Waals surface area contributed by atoms with Gasteiger partial charge in [-0.1, -0.05) is 0 Å². The second kappa shape index (κ2) is 8.14. The van der Waals surface area contributed by atoms with E-state index < -0.39 is 0 Å². The maximum absolute atomic E-state index is 12.6. The zero-order chi connectivity index (χ0) is 19.5. The number of aromatic amines is 1. The van der Waals surface area contributed by atoms with Crippen molar-refractivity contribution in [1.82, 2.24) is 14.9 Å². The van der Waals surface area contributed by atoms with E-state index in [9.17, 15) is 9.59 Å². The predicted octanol–water partition coefficient (Wildman–Crippen LogP) is 3.33. The van der Waals surface area contributed by atoms with Crippen molar-refractivity contribution in [3.8, 4) is 5.75 Å². The second-order valence-corrected chi connectivity index (χ2v) is 8.03. The van der Waals surface area contributed by atoms with Gasteiger partial charge in [0.15, 0.2) is 0 Å². The lowest BCUT2D eigenvalue weighted by molar-refractivity contribution is -0.132. The van der Waals surface area contributed by atoms with Crippen molar-refractivity contribution in [2.75, 3.05) is 20.2 Å². The van der Waals surface area contributed by atoms with Crippen LogP contribution in [0.25, 0.3) is 10.9 Å². The van der Waals surface area contributed by atoms with Gasteiger partial charge in [0.25, 0.3) is 5.56 Å². The Morgan fingerprint density at radius 3 is 2.86 bits per heavy atom. The highest BCUT2D eigenvalue weighted by molar-refractivity contribution is 7.09. The first-order valence-electron chi connectivity index (χ1n) is 9.51. The third kappa shape index (κ3) is 3.94. The molecule has 0 spiro atoms. The molecule has 4 rings (SSSR count). The first-order chi connectivity index (χ1) is 13.6. The van der Waals surface area contributed by atoms with E-state index in [2.05, 4.69) is 9.97 Å². The number of amides is 1. The number of hydrogen-bond acceptors (Lipinski definition) is 5. The van der Waals surface area contributed by atoms with E-state index >= 15 is 0 Å². The van der Waals surface area contributed by atoms with E-state index in [1.165, 1.54) is 5.01 Å². The number of carbonyl (C=O) groups excluding carboxylic acids is 1. The van der Waals surface area contributed by atoms with Crippen LogP contribution in [0.4, 0.5) is 0 Å². The van der Waals surface area contributed by atoms with E-state index in [1.807, 2.05) is 34.7 Å². The van der Waals surface area contributed by atoms with Crippen LogP contribution >= 0.6 is 11.3 Å². The van der Waals surface area contributed by atoms with Crippen LogP contribution < -0.4 is 10.3 Å². The fourth-order valence-electron chi connectivity index (χ4n) is 3.75. The molecule has 2 aromatic heterocycles. The number of thiazole rings is 1. The number of hydrogen-bond donors (Lipinski definition) is 1. The lowest BCUT2D eigenvalue weighted by atomic mass is 9.97. The van der Waals surface area contributed by atoms with Gasteiger partial charge in [-0.05, 0) is 42.8 Å². The fraction of sp³-hybridized carbons (Fsp3) is 0.381. The number of ether oxygens (including phenoxy) is 1. The fourth-order valence-corrected chi connectivity index (χ4v) is 4.56. The second-order valence-electron chi connectivity index (χ2n) is 7.10. The molecule has 146 valence electrons. The number of aryl methyl sites for hydroxylation is 1. The van der Waals surface area contributed by atoms with Crippen LogP contribution in [-0.2, 0) is 11.2 Å². The maximum Gasteiger partial charge on any atom is 0.251 e. The summed E-state index contributed by atoms with van der Waals surface area (Å²) in [5, 5.41) is 4.11. The molecule has 0 radical (unpaired) electrons. The van der Waals surface area contributed by atoms with Gasteiger partial charge in [-0.3, -0.25) is 9.59 Å². The molecule has 7 heteroatoms. The standard InChI is InChI=1S/C21H23N3O3S/c1-27-17-4-2-15-12-16(20(26)23-18(15)13-17)3-5-19(25)24-9-6-14(7-10-24)21-22-8-11-28-21/h2,4,8,11-14H,3,5-7,9-10H2,1H3,(H,23,26). The predicted molar refractivity (Wildman–Crippen MR) is 110 cm³/mol. The van der Waals surface area contributed by atoms with Gasteiger partial charge in [-0.25, -0.2) is 4.98 Å². The SMILES string of the molecule is COc1ccc2cc(CCC(=O)N3CCC(c4nccs4)CC3)c(=O)[nH]c2c1. The van der Waals surface area contributed by atoms with E-state index in [1.54, 1.807) is 24.5 Å². The zero-order valence-corrected chi connectivity index (χ0v) is 16.6. The number of carbonyl (C=O) groups is 1. The minimum atomic E-state index is -0.143. The summed E-state index contributed by atoms with van der Waals surface area (Å²) in [5.41, 5.74) is 1.24. The molecule has 3 aromatic rings. The molecule has 0 unspecified atom stereocenters. The van der Waals surface area contributed by atoms with Crippen LogP contribution in [0.2, 0.25) is 0 Å². The summed E-state index contributed by atoms with van der Waals surface area (Å²) >= 11 is 1.69. The molecular formula is C21H23N3O3S. The molecule has 1 N–H and O–H groups in total. The third-order valence-corrected chi connectivity index (χ3v) is 6.32. The molecule has 1 aliphatic heterocycles. The number of H-pyrrole nitrogens is 1. The van der Waals surface area contributed by atoms with Crippen LogP contribution in [0.3, 0.4) is 0 Å². The highest BCUT2D eigenvalue weighted by Crippen LogP contribution is 2.29. The summed E-state index contributed by atoms with van der Waals surface area (Å²) in [6.07, 6.45) is 4.55. The molecule has 0 saturated carbocycles. The average Bonchev–Trinajstić information content (AvgIpc) is 3.26. The number of likely N-dealkylation sites (tertiary alicyclic amines) is 1. The molecule has 1 saturated heterocycles. The van der Waals surface area contributed by atoms with Crippen LogP contribution in [0.5, 0.6) is 5.75 Å². The Kier molecular flexibility index (Phi) is 5.43. The Balaban J connectivity index is 1.37. The Morgan fingerprint density at radius 2 is 2.14 bits per heavy atom. The van der Waals surface area contributed by atoms with Crippen molar-refractivity contribution in [2.45, 2.75) is 31.6 Å². The van der Waals surface area contributed by atoms with E-state index in [-0.39, 0.29) is 11.5 Å². The summed E-state index contributed by atoms with van der Waals surface area (Å²) in [6, 6.07) is 7.45. The molecule has 1 amide bonds. The van der Waals surface area contributed by atoms with Crippen LogP contribution in [0.15, 0.2) is 40.6 Å². The summed E-state index contributed by atoms with van der Waals surface area (Å²) in [7, 11) is 1.60. The van der Waals surface area contributed by atoms with Gasteiger partial charge < -0.3 is 14.6 Å². The number of nitrogens with zero attached hydrogens (tertiary/aromatic N) is 2. The maximum atomic E-state index is 12.6. The van der Waals surface area contributed by atoms with Crippen LogP contribution in [-0.4, -0.2) is 41.0 Å². The first kappa shape index (κ1) is 18.7. The van der Waals surface area contributed by atoms with Crippen molar-refractivity contribution in [2.24, 2.45) is 0 Å². The largest absolute Gasteiger partial charge is 0.497 e. The van der Waals surface area contributed by atoms with Gasteiger partial charge in [-0.15, -0.1) is 11.3 Å². The number of benzene rings is 1. The highest BCUT2D eigenvalue weighted by Gasteiger charge is 2.25. The lowest BCUT2D eigenvalue weighted by Crippen LogP contribution is -2.38. The van der Waals surface area contributed by atoms with Crippen molar-refractivity contribution in [1.29, 1.82) is 0 Å². The van der Waals surface area contributed by atoms with Crippen LogP contribution in [0.1, 0.15) is 35.8 Å². The first-order valence-corrected chi connectivity index (χ1v) is 10.4. The molecule has 0 aliphatic carbocycles. The Morgan fingerprint density at radius 1 is 1.32 bits per heavy atom. The molecular weight excluding hydrogens is 374 g/mol. The van der Waals surface area contributed by atoms with Crippen molar-refractivity contribution >= 4 is 28.1 Å². The van der Waals surface area contributed by atoms with E-state index in [0.29, 0.717) is 30.1 Å². The molecule has 0 atom stereocenters. The summed E-state index contributed by atoms with van der Waals surface area (Å²) in [5.74, 6) is 1.28. The van der Waals surface area contributed by atoms with Gasteiger partial charge in [0.05, 0.1) is 17.6 Å². The van der Waals surface area contributed by atoms with Gasteiger partial charge >= 0.3 is 0 Å². The number of nitrogens with one attached hydrogen (secondary N) is 1. The minimum Gasteiger partial charge on any atom is -0.497 e. The lowest BCUT2D eigenvalue weighted by Gasteiger charge is -2.31. The van der Waals surface area contributed by atoms with Crippen molar-refractivity contribution in [3.05, 3.63) is 56.8 Å². The van der Waals surface area contributed by atoms with Crippen molar-refractivity contribution < 1.29 is 9.53 Å². The zero-order valence-electron chi connectivity index (χ0n) is 15.8. The number of fused-ring (bicyclic) bond motifs is 1. The highest BCUT2D eigenvalue weighted by atomic mass is 32.1. The molecule has 1 fully saturated rings. The van der Waals surface area contributed by atoms with Crippen molar-refractivity contribution in [3.63, 3.8) is 0 Å². The summed E-state index contributed by atoms with van der Waals surface area (Å²) < 4.78 is 5.19. The number of aromatic nitrogens is 2. The molecule has 1 aliphatic rings. The third-order valence-electron chi connectivity index (χ3n) is 5.39. The molecule has 28 heavy (non-hydrogen) atoms. The number of rotatable bonds is 5. The summed E-state index contributed by atoms with van der Waals surface area (Å²) in [6.45, 7) is 1.52. The quantitative estimate of drug-likeness (QED) is 0.717. The Labute approximate surface area is 167 Å². The van der Waals surface area contributed by atoms with E-state index in [4.69, 9.17) is 4.74 Å². The number of pyridine rings is 1. The Hall–Kier alpha value is -2.67. The van der Waals surface area contributed by atoms with Gasteiger partial charge in [0.2, 0.25) is 5.91 Å². The summed E-state index contributed by atoms with van der Waals surface area (Å²) in [4.78, 5) is 34.2. The minimum absolute atomic E-state index is 0.117. The Bertz CT molecular complexity index is 1020. The average molecular weight is 398 g/mol. The molecule has 1 aromatic carbocycles. The number of methoxy groups -OCH3 is 1. The molecule has 6 nitrogen and oxygen atoms in total. The normalized spacial score (nSPS) is 15.1. The topological polar surface area (TPSA) is 75.3 Å². The smallest absolute Gasteiger partial charge is 0.251 e. The van der Waals surface area contributed by atoms with Crippen LogP contribution in [0, 0.1) is 0 Å². The van der Waals surface area contributed by atoms with E-state index in [0.717, 1.165) is 36.8 Å². The van der Waals surface area contributed by atoms with Gasteiger partial charge in [0.1, 0.15) is 5.75 Å². The monoisotopic (exact) mass is 397 g/mol. The molecule has 0 bridgehead atoms.